The van der Waals surface area contributed by atoms with Crippen LogP contribution in [0, 0.1) is 0 Å². The summed E-state index contributed by atoms with van der Waals surface area (Å²) in [6, 6.07) is 17.8. The van der Waals surface area contributed by atoms with E-state index in [0.29, 0.717) is 18.7 Å². The number of ether oxygens (including phenoxy) is 1. The van der Waals surface area contributed by atoms with Crippen LogP contribution in [0.1, 0.15) is 22.3 Å². The maximum absolute atomic E-state index is 12.1. The molecule has 0 bridgehead atoms. The Labute approximate surface area is 136 Å². The molecule has 1 amide bonds. The summed E-state index contributed by atoms with van der Waals surface area (Å²) in [6.45, 7) is 1.21. The van der Waals surface area contributed by atoms with Crippen molar-refractivity contribution in [3.05, 3.63) is 65.7 Å². The number of amides is 1. The molecule has 0 radical (unpaired) electrons. The number of methoxy groups -OCH3 is 1. The largest absolute Gasteiger partial charge is 0.380 e. The Hall–Kier alpha value is -1.78. The molecule has 0 heterocycles. The minimum absolute atomic E-state index is 0.0253. The molecule has 2 aromatic rings. The number of carbonyl (C=O) groups is 1. The van der Waals surface area contributed by atoms with Crippen molar-refractivity contribution in [1.29, 1.82) is 0 Å². The summed E-state index contributed by atoms with van der Waals surface area (Å²) in [5.41, 5.74) is 1.69. The number of benzene rings is 2. The maximum Gasteiger partial charge on any atom is 0.251 e. The highest BCUT2D eigenvalue weighted by Crippen LogP contribution is 2.17. The molecular weight excluding hydrogens is 294 g/mol. The molecule has 3 nitrogen and oxygen atoms in total. The molecule has 0 fully saturated rings. The van der Waals surface area contributed by atoms with Gasteiger partial charge in [-0.1, -0.05) is 30.3 Å². The monoisotopic (exact) mass is 315 g/mol. The molecule has 2 aromatic carbocycles. The van der Waals surface area contributed by atoms with Gasteiger partial charge in [0.05, 0.1) is 6.61 Å². The molecule has 0 saturated carbocycles. The lowest BCUT2D eigenvalue weighted by atomic mass is 10.1. The highest BCUT2D eigenvalue weighted by molar-refractivity contribution is 7.99. The fraction of sp³-hybridized carbons (Fsp3) is 0.278. The average Bonchev–Trinajstić information content (AvgIpc) is 2.56. The standard InChI is InChI=1S/C18H21NO2S/c1-21-14-15-7-5-8-16(13-15)18(20)19-11-6-12-22-17-9-3-2-4-10-17/h2-5,7-10,13H,6,11-12,14H2,1H3,(H,19,20). The Morgan fingerprint density at radius 2 is 1.95 bits per heavy atom. The molecule has 0 saturated heterocycles. The van der Waals surface area contributed by atoms with Crippen LogP contribution < -0.4 is 5.32 Å². The van der Waals surface area contributed by atoms with E-state index in [1.807, 2.05) is 54.2 Å². The van der Waals surface area contributed by atoms with E-state index in [1.54, 1.807) is 7.11 Å². The normalized spacial score (nSPS) is 10.4. The number of hydrogen-bond acceptors (Lipinski definition) is 3. The SMILES string of the molecule is COCc1cccc(C(=O)NCCCSc2ccccc2)c1. The summed E-state index contributed by atoms with van der Waals surface area (Å²) in [5.74, 6) is 0.969. The van der Waals surface area contributed by atoms with Crippen molar-refractivity contribution in [3.8, 4) is 0 Å². The third-order valence-electron chi connectivity index (χ3n) is 3.12. The molecule has 0 atom stereocenters. The van der Waals surface area contributed by atoms with Crippen molar-refractivity contribution in [2.24, 2.45) is 0 Å². The lowest BCUT2D eigenvalue weighted by Crippen LogP contribution is -2.24. The summed E-state index contributed by atoms with van der Waals surface area (Å²) in [4.78, 5) is 13.3. The fourth-order valence-electron chi connectivity index (χ4n) is 2.05. The van der Waals surface area contributed by atoms with Crippen LogP contribution in [0.5, 0.6) is 0 Å². The van der Waals surface area contributed by atoms with Gasteiger partial charge in [0, 0.05) is 24.1 Å². The van der Waals surface area contributed by atoms with Gasteiger partial charge < -0.3 is 10.1 Å². The summed E-state index contributed by atoms with van der Waals surface area (Å²) in [7, 11) is 1.65. The van der Waals surface area contributed by atoms with Crippen molar-refractivity contribution in [1.82, 2.24) is 5.32 Å². The third kappa shape index (κ3) is 5.54. The van der Waals surface area contributed by atoms with Gasteiger partial charge in [-0.2, -0.15) is 0 Å². The summed E-state index contributed by atoms with van der Waals surface area (Å²) in [6.07, 6.45) is 0.947. The van der Waals surface area contributed by atoms with Crippen LogP contribution in [0.25, 0.3) is 0 Å². The number of carbonyl (C=O) groups excluding carboxylic acids is 1. The molecule has 116 valence electrons. The van der Waals surface area contributed by atoms with Gasteiger partial charge in [0.2, 0.25) is 0 Å². The van der Waals surface area contributed by atoms with E-state index in [1.165, 1.54) is 4.90 Å². The van der Waals surface area contributed by atoms with Crippen LogP contribution in [-0.2, 0) is 11.3 Å². The second kappa shape index (κ2) is 9.28. The van der Waals surface area contributed by atoms with Crippen molar-refractivity contribution in [3.63, 3.8) is 0 Å². The number of nitrogens with one attached hydrogen (secondary N) is 1. The Kier molecular flexibility index (Phi) is 7.00. The predicted molar refractivity (Wildman–Crippen MR) is 91.3 cm³/mol. The topological polar surface area (TPSA) is 38.3 Å². The Bertz CT molecular complexity index is 587. The van der Waals surface area contributed by atoms with Gasteiger partial charge in [0.25, 0.3) is 5.91 Å². The molecule has 0 aromatic heterocycles. The van der Waals surface area contributed by atoms with E-state index in [2.05, 4.69) is 17.4 Å². The fourth-order valence-corrected chi connectivity index (χ4v) is 2.93. The van der Waals surface area contributed by atoms with Gasteiger partial charge in [-0.3, -0.25) is 4.79 Å². The van der Waals surface area contributed by atoms with E-state index >= 15 is 0 Å². The van der Waals surface area contributed by atoms with Gasteiger partial charge in [0.1, 0.15) is 0 Å². The molecule has 0 aliphatic carbocycles. The van der Waals surface area contributed by atoms with E-state index in [9.17, 15) is 4.79 Å². The number of hydrogen-bond donors (Lipinski definition) is 1. The van der Waals surface area contributed by atoms with E-state index in [4.69, 9.17) is 4.74 Å². The first-order valence-corrected chi connectivity index (χ1v) is 8.32. The summed E-state index contributed by atoms with van der Waals surface area (Å²) >= 11 is 1.81. The van der Waals surface area contributed by atoms with Crippen LogP contribution in [-0.4, -0.2) is 25.3 Å². The first-order valence-electron chi connectivity index (χ1n) is 7.33. The third-order valence-corrected chi connectivity index (χ3v) is 4.22. The first-order chi connectivity index (χ1) is 10.8. The van der Waals surface area contributed by atoms with Crippen LogP contribution in [0.2, 0.25) is 0 Å². The van der Waals surface area contributed by atoms with Crippen LogP contribution in [0.3, 0.4) is 0 Å². The van der Waals surface area contributed by atoms with Gasteiger partial charge in [-0.05, 0) is 42.0 Å². The summed E-state index contributed by atoms with van der Waals surface area (Å²) in [5, 5.41) is 2.96. The zero-order chi connectivity index (χ0) is 15.6. The highest BCUT2D eigenvalue weighted by atomic mass is 32.2. The summed E-state index contributed by atoms with van der Waals surface area (Å²) < 4.78 is 5.08. The maximum atomic E-state index is 12.1. The van der Waals surface area contributed by atoms with E-state index in [-0.39, 0.29) is 5.91 Å². The predicted octanol–water partition coefficient (Wildman–Crippen LogP) is 3.75. The zero-order valence-corrected chi connectivity index (χ0v) is 13.6. The lowest BCUT2D eigenvalue weighted by molar-refractivity contribution is 0.0953. The molecule has 22 heavy (non-hydrogen) atoms. The van der Waals surface area contributed by atoms with Crippen molar-refractivity contribution >= 4 is 17.7 Å². The molecule has 0 spiro atoms. The molecular formula is C18H21NO2S. The van der Waals surface area contributed by atoms with Crippen molar-refractivity contribution in [2.45, 2.75) is 17.9 Å². The molecule has 1 N–H and O–H groups in total. The quantitative estimate of drug-likeness (QED) is 0.595. The van der Waals surface area contributed by atoms with Crippen molar-refractivity contribution < 1.29 is 9.53 Å². The number of thioether (sulfide) groups is 1. The molecule has 0 unspecified atom stereocenters. The van der Waals surface area contributed by atoms with Gasteiger partial charge in [-0.25, -0.2) is 0 Å². The molecule has 2 rings (SSSR count). The second-order valence-electron chi connectivity index (χ2n) is 4.90. The Balaban J connectivity index is 1.70. The number of rotatable bonds is 8. The minimum Gasteiger partial charge on any atom is -0.380 e. The average molecular weight is 315 g/mol. The first kappa shape index (κ1) is 16.6. The molecule has 0 aliphatic heterocycles. The van der Waals surface area contributed by atoms with E-state index < -0.39 is 0 Å². The second-order valence-corrected chi connectivity index (χ2v) is 6.07. The van der Waals surface area contributed by atoms with Crippen LogP contribution >= 0.6 is 11.8 Å². The highest BCUT2D eigenvalue weighted by Gasteiger charge is 2.05. The minimum atomic E-state index is -0.0253. The molecule has 0 aliphatic rings. The van der Waals surface area contributed by atoms with Gasteiger partial charge in [0.15, 0.2) is 0 Å². The zero-order valence-electron chi connectivity index (χ0n) is 12.7. The molecule has 4 heteroatoms. The van der Waals surface area contributed by atoms with Gasteiger partial charge >= 0.3 is 0 Å². The van der Waals surface area contributed by atoms with Gasteiger partial charge in [-0.15, -0.1) is 11.8 Å². The smallest absolute Gasteiger partial charge is 0.251 e. The Morgan fingerprint density at radius 1 is 1.14 bits per heavy atom. The van der Waals surface area contributed by atoms with Crippen LogP contribution in [0.15, 0.2) is 59.5 Å². The van der Waals surface area contributed by atoms with Crippen LogP contribution in [0.4, 0.5) is 0 Å². The lowest BCUT2D eigenvalue weighted by Gasteiger charge is -2.07. The van der Waals surface area contributed by atoms with Crippen molar-refractivity contribution in [2.75, 3.05) is 19.4 Å². The van der Waals surface area contributed by atoms with E-state index in [0.717, 1.165) is 17.7 Å². The Morgan fingerprint density at radius 3 is 2.73 bits per heavy atom.